The molecule has 1 unspecified atom stereocenters. The molecular formula is C26H24N6O2. The van der Waals surface area contributed by atoms with Crippen LogP contribution in [0.4, 0.5) is 0 Å². The zero-order valence-corrected chi connectivity index (χ0v) is 18.6. The number of aromatic nitrogens is 4. The maximum Gasteiger partial charge on any atom is 0.343 e. The predicted octanol–water partition coefficient (Wildman–Crippen LogP) is 3.52. The summed E-state index contributed by atoms with van der Waals surface area (Å²) in [4.78, 5) is 30.0. The number of nitrogens with zero attached hydrogens (tertiary/aromatic N) is 4. The molecule has 2 aromatic heterocycles. The molecule has 8 heteroatoms. The highest BCUT2D eigenvalue weighted by molar-refractivity contribution is 5.90. The molecule has 1 saturated heterocycles. The van der Waals surface area contributed by atoms with E-state index in [0.29, 0.717) is 24.5 Å². The number of rotatable bonds is 5. The van der Waals surface area contributed by atoms with Gasteiger partial charge in [-0.15, -0.1) is 0 Å². The van der Waals surface area contributed by atoms with Gasteiger partial charge in [0.2, 0.25) is 5.91 Å². The number of carbonyl (C=O) groups excluding carboxylic acids is 1. The van der Waals surface area contributed by atoms with Crippen LogP contribution >= 0.6 is 0 Å². The minimum Gasteiger partial charge on any atom is -0.360 e. The van der Waals surface area contributed by atoms with E-state index in [1.165, 1.54) is 0 Å². The van der Waals surface area contributed by atoms with E-state index >= 15 is 0 Å². The second-order valence-electron chi connectivity index (χ2n) is 9.33. The van der Waals surface area contributed by atoms with Crippen molar-refractivity contribution in [3.05, 3.63) is 64.7 Å². The Kier molecular flexibility index (Phi) is 4.84. The molecule has 6 rings (SSSR count). The molecular weight excluding hydrogens is 428 g/mol. The van der Waals surface area contributed by atoms with Crippen LogP contribution in [0.5, 0.6) is 0 Å². The second kappa shape index (κ2) is 8.03. The number of nitrogens with one attached hydrogen (secondary N) is 2. The standard InChI is InChI=1S/C26H24N6O2/c27-12-21-13-28-23-8-7-20(11-22(21)23)17-1-3-18(4-2-17)24-29-30-26(34)32(24)15-16-9-10-31(14-16)25(33)19-5-6-19/h1-4,7-8,11,13,16,19,28H,5-6,9-10,14-15H2,(H,30,34). The van der Waals surface area contributed by atoms with Crippen LogP contribution in [-0.2, 0) is 11.3 Å². The Balaban J connectivity index is 1.23. The Hall–Kier alpha value is -4.12. The largest absolute Gasteiger partial charge is 0.360 e. The topological polar surface area (TPSA) is 111 Å². The van der Waals surface area contributed by atoms with E-state index in [1.807, 2.05) is 47.4 Å². The van der Waals surface area contributed by atoms with Crippen molar-refractivity contribution in [3.8, 4) is 28.6 Å². The average Bonchev–Trinajstić information content (AvgIpc) is 3.30. The maximum absolute atomic E-state index is 12.5. The van der Waals surface area contributed by atoms with E-state index in [9.17, 15) is 14.9 Å². The molecule has 1 aliphatic carbocycles. The van der Waals surface area contributed by atoms with E-state index in [2.05, 4.69) is 21.3 Å². The molecule has 3 heterocycles. The third-order valence-electron chi connectivity index (χ3n) is 7.00. The molecule has 2 N–H and O–H groups in total. The number of carbonyl (C=O) groups is 1. The fraction of sp³-hybridized carbons (Fsp3) is 0.308. The first-order chi connectivity index (χ1) is 16.6. The van der Waals surface area contributed by atoms with Crippen LogP contribution in [0.25, 0.3) is 33.4 Å². The van der Waals surface area contributed by atoms with Crippen LogP contribution in [0.3, 0.4) is 0 Å². The van der Waals surface area contributed by atoms with Gasteiger partial charge >= 0.3 is 5.69 Å². The summed E-state index contributed by atoms with van der Waals surface area (Å²) in [6.07, 6.45) is 4.65. The highest BCUT2D eigenvalue weighted by atomic mass is 16.2. The smallest absolute Gasteiger partial charge is 0.343 e. The van der Waals surface area contributed by atoms with Crippen molar-refractivity contribution in [1.29, 1.82) is 5.26 Å². The number of nitriles is 1. The van der Waals surface area contributed by atoms with Gasteiger partial charge in [-0.3, -0.25) is 9.36 Å². The van der Waals surface area contributed by atoms with Crippen LogP contribution < -0.4 is 5.69 Å². The van der Waals surface area contributed by atoms with Gasteiger partial charge in [0.25, 0.3) is 0 Å². The summed E-state index contributed by atoms with van der Waals surface area (Å²) in [6.45, 7) is 2.02. The van der Waals surface area contributed by atoms with E-state index < -0.39 is 0 Å². The van der Waals surface area contributed by atoms with Gasteiger partial charge in [0.15, 0.2) is 5.82 Å². The molecule has 8 nitrogen and oxygen atoms in total. The molecule has 2 aromatic carbocycles. The minimum atomic E-state index is -0.229. The van der Waals surface area contributed by atoms with Crippen LogP contribution in [0.1, 0.15) is 24.8 Å². The first-order valence-electron chi connectivity index (χ1n) is 11.7. The zero-order chi connectivity index (χ0) is 23.2. The lowest BCUT2D eigenvalue weighted by Gasteiger charge is -2.16. The number of H-pyrrole nitrogens is 2. The molecule has 1 amide bonds. The molecule has 1 atom stereocenters. The summed E-state index contributed by atoms with van der Waals surface area (Å²) >= 11 is 0. The number of hydrogen-bond donors (Lipinski definition) is 2. The number of benzene rings is 2. The normalized spacial score (nSPS) is 17.9. The van der Waals surface area contributed by atoms with Crippen molar-refractivity contribution in [3.63, 3.8) is 0 Å². The van der Waals surface area contributed by atoms with Crippen molar-refractivity contribution >= 4 is 16.8 Å². The molecule has 34 heavy (non-hydrogen) atoms. The molecule has 2 aliphatic rings. The highest BCUT2D eigenvalue weighted by Gasteiger charge is 2.36. The Bertz CT molecular complexity index is 1480. The molecule has 1 saturated carbocycles. The Morgan fingerprint density at radius 1 is 1.09 bits per heavy atom. The van der Waals surface area contributed by atoms with Gasteiger partial charge in [-0.2, -0.15) is 10.4 Å². The lowest BCUT2D eigenvalue weighted by Crippen LogP contribution is -2.31. The number of likely N-dealkylation sites (tertiary alicyclic amines) is 1. The summed E-state index contributed by atoms with van der Waals surface area (Å²) < 4.78 is 1.69. The van der Waals surface area contributed by atoms with Crippen LogP contribution in [-0.4, -0.2) is 43.6 Å². The highest BCUT2D eigenvalue weighted by Crippen LogP contribution is 2.33. The summed E-state index contributed by atoms with van der Waals surface area (Å²) in [5, 5.41) is 17.1. The van der Waals surface area contributed by atoms with E-state index in [0.717, 1.165) is 53.4 Å². The first kappa shape index (κ1) is 20.5. The molecule has 0 radical (unpaired) electrons. The summed E-state index contributed by atoms with van der Waals surface area (Å²) in [5.74, 6) is 1.36. The monoisotopic (exact) mass is 452 g/mol. The average molecular weight is 453 g/mol. The fourth-order valence-electron chi connectivity index (χ4n) is 4.94. The molecule has 0 bridgehead atoms. The second-order valence-corrected chi connectivity index (χ2v) is 9.33. The van der Waals surface area contributed by atoms with Crippen LogP contribution in [0.2, 0.25) is 0 Å². The Morgan fingerprint density at radius 3 is 2.62 bits per heavy atom. The molecule has 4 aromatic rings. The number of fused-ring (bicyclic) bond motifs is 1. The van der Waals surface area contributed by atoms with E-state index in [4.69, 9.17) is 0 Å². The van der Waals surface area contributed by atoms with Gasteiger partial charge in [0.1, 0.15) is 6.07 Å². The zero-order valence-electron chi connectivity index (χ0n) is 18.6. The van der Waals surface area contributed by atoms with E-state index in [1.54, 1.807) is 10.8 Å². The summed E-state index contributed by atoms with van der Waals surface area (Å²) in [6, 6.07) is 16.2. The van der Waals surface area contributed by atoms with Gasteiger partial charge in [0.05, 0.1) is 5.56 Å². The Labute approximate surface area is 195 Å². The Morgan fingerprint density at radius 2 is 1.85 bits per heavy atom. The fourth-order valence-corrected chi connectivity index (χ4v) is 4.94. The van der Waals surface area contributed by atoms with E-state index in [-0.39, 0.29) is 23.4 Å². The lowest BCUT2D eigenvalue weighted by atomic mass is 10.0. The minimum absolute atomic E-state index is 0.229. The number of aromatic amines is 2. The van der Waals surface area contributed by atoms with Crippen molar-refractivity contribution in [2.45, 2.75) is 25.8 Å². The quantitative estimate of drug-likeness (QED) is 0.483. The molecule has 1 aliphatic heterocycles. The first-order valence-corrected chi connectivity index (χ1v) is 11.7. The molecule has 0 spiro atoms. The summed E-state index contributed by atoms with van der Waals surface area (Å²) in [5.41, 5.74) is 4.21. The lowest BCUT2D eigenvalue weighted by molar-refractivity contribution is -0.131. The van der Waals surface area contributed by atoms with Gasteiger partial charge in [0, 0.05) is 48.2 Å². The third kappa shape index (κ3) is 3.59. The van der Waals surface area contributed by atoms with Crippen molar-refractivity contribution in [2.75, 3.05) is 13.1 Å². The van der Waals surface area contributed by atoms with Gasteiger partial charge in [-0.05, 0) is 48.4 Å². The predicted molar refractivity (Wildman–Crippen MR) is 128 cm³/mol. The van der Waals surface area contributed by atoms with Crippen molar-refractivity contribution in [1.82, 2.24) is 24.6 Å². The SMILES string of the molecule is N#Cc1c[nH]c2ccc(-c3ccc(-c4n[nH]c(=O)n4CC4CCN(C(=O)C5CC5)C4)cc3)cc12. The summed E-state index contributed by atoms with van der Waals surface area (Å²) in [7, 11) is 0. The van der Waals surface area contributed by atoms with Gasteiger partial charge < -0.3 is 9.88 Å². The maximum atomic E-state index is 12.5. The van der Waals surface area contributed by atoms with Gasteiger partial charge in [-0.25, -0.2) is 9.89 Å². The number of amides is 1. The van der Waals surface area contributed by atoms with Crippen LogP contribution in [0.15, 0.2) is 53.5 Å². The van der Waals surface area contributed by atoms with Crippen LogP contribution in [0, 0.1) is 23.2 Å². The van der Waals surface area contributed by atoms with Gasteiger partial charge in [-0.1, -0.05) is 30.3 Å². The van der Waals surface area contributed by atoms with Crippen molar-refractivity contribution < 1.29 is 4.79 Å². The van der Waals surface area contributed by atoms with Crippen molar-refractivity contribution in [2.24, 2.45) is 11.8 Å². The third-order valence-corrected chi connectivity index (χ3v) is 7.00. The molecule has 170 valence electrons. The number of hydrogen-bond acceptors (Lipinski definition) is 4. The molecule has 2 fully saturated rings.